The third-order valence-electron chi connectivity index (χ3n) is 1.78. The topological polar surface area (TPSA) is 23.8 Å². The average Bonchev–Trinajstić information content (AvgIpc) is 2.15. The Balaban J connectivity index is 3.55. The maximum Gasteiger partial charge on any atom is 0.419 e. The van der Waals surface area contributed by atoms with Crippen LogP contribution in [0.15, 0.2) is 12.1 Å². The van der Waals surface area contributed by atoms with Crippen LogP contribution in [0.5, 0.6) is 0 Å². The molecule has 0 amide bonds. The van der Waals surface area contributed by atoms with Crippen molar-refractivity contribution in [2.45, 2.75) is 11.5 Å². The van der Waals surface area contributed by atoms with Gasteiger partial charge in [-0.1, -0.05) is 33.6 Å². The van der Waals surface area contributed by atoms with Gasteiger partial charge < -0.3 is 0 Å². The highest BCUT2D eigenvalue weighted by Gasteiger charge is 2.37. The van der Waals surface area contributed by atoms with Crippen LogP contribution < -0.4 is 0 Å². The molecule has 0 aromatic heterocycles. The van der Waals surface area contributed by atoms with Crippen molar-refractivity contribution in [2.75, 3.05) is 0 Å². The van der Waals surface area contributed by atoms with Crippen molar-refractivity contribution < 1.29 is 13.2 Å². The molecule has 6 heteroatoms. The van der Waals surface area contributed by atoms with Gasteiger partial charge in [-0.15, -0.1) is 0 Å². The lowest BCUT2D eigenvalue weighted by molar-refractivity contribution is -0.137. The minimum absolute atomic E-state index is 0.177. The predicted molar refractivity (Wildman–Crippen MR) is 53.8 cm³/mol. The van der Waals surface area contributed by atoms with Gasteiger partial charge in [0.05, 0.1) is 16.1 Å². The standard InChI is InChI=1S/C9H4BrClF3N/c10-3-5-1-2-7(11)8(6(5)4-15)9(12,13)14/h1-2H,3H2. The Hall–Kier alpha value is -0.730. The number of hydrogen-bond donors (Lipinski definition) is 0. The Morgan fingerprint density at radius 1 is 1.40 bits per heavy atom. The zero-order valence-corrected chi connectivity index (χ0v) is 9.54. The Labute approximate surface area is 97.6 Å². The van der Waals surface area contributed by atoms with Gasteiger partial charge >= 0.3 is 6.18 Å². The normalized spacial score (nSPS) is 11.2. The van der Waals surface area contributed by atoms with Crippen LogP contribution in [0.25, 0.3) is 0 Å². The first-order chi connectivity index (χ1) is 6.91. The summed E-state index contributed by atoms with van der Waals surface area (Å²) in [5.41, 5.74) is -1.22. The van der Waals surface area contributed by atoms with Crippen LogP contribution in [0.1, 0.15) is 16.7 Å². The number of halogens is 5. The molecule has 1 aromatic rings. The van der Waals surface area contributed by atoms with E-state index in [0.29, 0.717) is 0 Å². The molecule has 0 atom stereocenters. The average molecular weight is 298 g/mol. The lowest BCUT2D eigenvalue weighted by atomic mass is 10.0. The first-order valence-corrected chi connectivity index (χ1v) is 5.26. The van der Waals surface area contributed by atoms with Gasteiger partial charge in [0.1, 0.15) is 6.07 Å². The zero-order chi connectivity index (χ0) is 11.6. The van der Waals surface area contributed by atoms with E-state index >= 15 is 0 Å². The predicted octanol–water partition coefficient (Wildman–Crippen LogP) is 4.13. The highest BCUT2D eigenvalue weighted by Crippen LogP contribution is 2.38. The summed E-state index contributed by atoms with van der Waals surface area (Å²) in [6.07, 6.45) is -4.61. The number of rotatable bonds is 1. The van der Waals surface area contributed by atoms with E-state index < -0.39 is 22.3 Å². The molecule has 1 aromatic carbocycles. The highest BCUT2D eigenvalue weighted by molar-refractivity contribution is 9.08. The summed E-state index contributed by atoms with van der Waals surface area (Å²) in [7, 11) is 0. The van der Waals surface area contributed by atoms with Crippen LogP contribution in [0.4, 0.5) is 13.2 Å². The minimum atomic E-state index is -4.61. The van der Waals surface area contributed by atoms with E-state index in [1.165, 1.54) is 12.1 Å². The summed E-state index contributed by atoms with van der Waals surface area (Å²) in [5, 5.41) is 8.41. The monoisotopic (exact) mass is 297 g/mol. The Morgan fingerprint density at radius 2 is 2.00 bits per heavy atom. The van der Waals surface area contributed by atoms with Crippen LogP contribution >= 0.6 is 27.5 Å². The van der Waals surface area contributed by atoms with E-state index in [1.807, 2.05) is 0 Å². The summed E-state index contributed by atoms with van der Waals surface area (Å²) >= 11 is 8.45. The third-order valence-corrected chi connectivity index (χ3v) is 2.70. The van der Waals surface area contributed by atoms with E-state index in [2.05, 4.69) is 15.9 Å². The van der Waals surface area contributed by atoms with Gasteiger partial charge in [0.15, 0.2) is 0 Å². The van der Waals surface area contributed by atoms with Gasteiger partial charge in [0.2, 0.25) is 0 Å². The highest BCUT2D eigenvalue weighted by atomic mass is 79.9. The molecule has 0 saturated carbocycles. The summed E-state index contributed by atoms with van der Waals surface area (Å²) in [4.78, 5) is 0. The molecule has 0 spiro atoms. The lowest BCUT2D eigenvalue weighted by Crippen LogP contribution is -2.10. The molecule has 0 bridgehead atoms. The van der Waals surface area contributed by atoms with Gasteiger partial charge in [-0.25, -0.2) is 0 Å². The van der Waals surface area contributed by atoms with E-state index in [4.69, 9.17) is 16.9 Å². The Bertz CT molecular complexity index is 423. The number of nitrogens with zero attached hydrogens (tertiary/aromatic N) is 1. The first kappa shape index (κ1) is 12.3. The fourth-order valence-electron chi connectivity index (χ4n) is 1.14. The van der Waals surface area contributed by atoms with Gasteiger partial charge in [0, 0.05) is 5.33 Å². The molecule has 80 valence electrons. The molecule has 0 aliphatic carbocycles. The van der Waals surface area contributed by atoms with E-state index in [-0.39, 0.29) is 10.9 Å². The van der Waals surface area contributed by atoms with Crippen LogP contribution in [-0.4, -0.2) is 0 Å². The molecular formula is C9H4BrClF3N. The van der Waals surface area contributed by atoms with Gasteiger partial charge in [-0.2, -0.15) is 18.4 Å². The van der Waals surface area contributed by atoms with E-state index in [9.17, 15) is 13.2 Å². The Morgan fingerprint density at radius 3 is 2.40 bits per heavy atom. The first-order valence-electron chi connectivity index (χ1n) is 3.76. The number of alkyl halides is 4. The van der Waals surface area contributed by atoms with Crippen molar-refractivity contribution in [3.05, 3.63) is 33.8 Å². The lowest BCUT2D eigenvalue weighted by Gasteiger charge is -2.12. The summed E-state index contributed by atoms with van der Waals surface area (Å²) in [5.74, 6) is 0. The fraction of sp³-hybridized carbons (Fsp3) is 0.222. The van der Waals surface area contributed by atoms with Crippen LogP contribution in [-0.2, 0) is 11.5 Å². The maximum atomic E-state index is 12.6. The fourth-order valence-corrected chi connectivity index (χ4v) is 1.87. The molecule has 0 N–H and O–H groups in total. The molecule has 0 aliphatic heterocycles. The summed E-state index contributed by atoms with van der Waals surface area (Å²) < 4.78 is 37.7. The van der Waals surface area contributed by atoms with Gasteiger partial charge in [0.25, 0.3) is 0 Å². The van der Waals surface area contributed by atoms with Crippen molar-refractivity contribution in [1.82, 2.24) is 0 Å². The smallest absolute Gasteiger partial charge is 0.192 e. The molecule has 0 unspecified atom stereocenters. The Kier molecular flexibility index (Phi) is 3.63. The second-order valence-electron chi connectivity index (χ2n) is 2.70. The summed E-state index contributed by atoms with van der Waals surface area (Å²) in [6.45, 7) is 0. The molecule has 0 aliphatic rings. The van der Waals surface area contributed by atoms with E-state index in [0.717, 1.165) is 6.07 Å². The number of hydrogen-bond acceptors (Lipinski definition) is 1. The van der Waals surface area contributed by atoms with Gasteiger partial charge in [-0.3, -0.25) is 0 Å². The van der Waals surface area contributed by atoms with Crippen molar-refractivity contribution in [1.29, 1.82) is 5.26 Å². The van der Waals surface area contributed by atoms with Crippen LogP contribution in [0.3, 0.4) is 0 Å². The minimum Gasteiger partial charge on any atom is -0.192 e. The van der Waals surface area contributed by atoms with Crippen molar-refractivity contribution in [3.8, 4) is 6.07 Å². The molecular weight excluding hydrogens is 294 g/mol. The second-order valence-corrected chi connectivity index (χ2v) is 3.67. The molecule has 0 saturated heterocycles. The molecule has 0 radical (unpaired) electrons. The van der Waals surface area contributed by atoms with Crippen molar-refractivity contribution in [2.24, 2.45) is 0 Å². The number of benzene rings is 1. The molecule has 0 fully saturated rings. The van der Waals surface area contributed by atoms with Crippen LogP contribution in [0, 0.1) is 11.3 Å². The number of nitriles is 1. The maximum absolute atomic E-state index is 12.6. The largest absolute Gasteiger partial charge is 0.419 e. The molecule has 1 nitrogen and oxygen atoms in total. The third kappa shape index (κ3) is 2.44. The SMILES string of the molecule is N#Cc1c(CBr)ccc(Cl)c1C(F)(F)F. The quantitative estimate of drug-likeness (QED) is 0.715. The van der Waals surface area contributed by atoms with Crippen molar-refractivity contribution >= 4 is 27.5 Å². The van der Waals surface area contributed by atoms with Crippen molar-refractivity contribution in [3.63, 3.8) is 0 Å². The summed E-state index contributed by atoms with van der Waals surface area (Å²) in [6, 6.07) is 4.06. The zero-order valence-electron chi connectivity index (χ0n) is 7.20. The van der Waals surface area contributed by atoms with E-state index in [1.54, 1.807) is 0 Å². The molecule has 15 heavy (non-hydrogen) atoms. The molecule has 0 heterocycles. The van der Waals surface area contributed by atoms with Crippen LogP contribution in [0.2, 0.25) is 5.02 Å². The molecule has 1 rings (SSSR count). The van der Waals surface area contributed by atoms with Gasteiger partial charge in [-0.05, 0) is 11.6 Å². The second kappa shape index (κ2) is 4.42.